The molecule has 0 aliphatic carbocycles. The SMILES string of the molecule is CCc1c[nH]n2c(=O)c(CC(F)(F)F)c(C)nc12. The average Bonchev–Trinajstić information content (AvgIpc) is 2.65. The van der Waals surface area contributed by atoms with E-state index >= 15 is 0 Å². The van der Waals surface area contributed by atoms with Gasteiger partial charge in [0.05, 0.1) is 6.42 Å². The molecule has 2 rings (SSSR count). The van der Waals surface area contributed by atoms with Crippen molar-refractivity contribution in [1.29, 1.82) is 0 Å². The lowest BCUT2D eigenvalue weighted by molar-refractivity contribution is -0.127. The number of aromatic amines is 1. The summed E-state index contributed by atoms with van der Waals surface area (Å²) in [6, 6.07) is 0. The summed E-state index contributed by atoms with van der Waals surface area (Å²) in [4.78, 5) is 16.0. The second-order valence-electron chi connectivity index (χ2n) is 4.08. The molecule has 0 saturated heterocycles. The van der Waals surface area contributed by atoms with Crippen LogP contribution in [0.4, 0.5) is 13.2 Å². The Hall–Kier alpha value is -1.79. The summed E-state index contributed by atoms with van der Waals surface area (Å²) >= 11 is 0. The summed E-state index contributed by atoms with van der Waals surface area (Å²) in [5.74, 6) is 0. The summed E-state index contributed by atoms with van der Waals surface area (Å²) in [5.41, 5.74) is 0.324. The third kappa shape index (κ3) is 2.12. The third-order valence-corrected chi connectivity index (χ3v) is 2.80. The van der Waals surface area contributed by atoms with Gasteiger partial charge in [-0.25, -0.2) is 9.50 Å². The van der Waals surface area contributed by atoms with Gasteiger partial charge in [0.1, 0.15) is 0 Å². The Kier molecular flexibility index (Phi) is 2.92. The molecule has 0 atom stereocenters. The van der Waals surface area contributed by atoms with Gasteiger partial charge >= 0.3 is 6.18 Å². The van der Waals surface area contributed by atoms with Crippen molar-refractivity contribution in [3.63, 3.8) is 0 Å². The second-order valence-corrected chi connectivity index (χ2v) is 4.08. The Labute approximate surface area is 100 Å². The van der Waals surface area contributed by atoms with Gasteiger partial charge in [-0.15, -0.1) is 0 Å². The zero-order valence-electron chi connectivity index (χ0n) is 9.93. The molecule has 1 N–H and O–H groups in total. The molecule has 0 fully saturated rings. The van der Waals surface area contributed by atoms with Crippen LogP contribution in [0.3, 0.4) is 0 Å². The lowest BCUT2D eigenvalue weighted by atomic mass is 10.1. The molecule has 2 heterocycles. The van der Waals surface area contributed by atoms with Gasteiger partial charge in [-0.1, -0.05) is 6.92 Å². The fraction of sp³-hybridized carbons (Fsp3) is 0.455. The highest BCUT2D eigenvalue weighted by Crippen LogP contribution is 2.21. The molecule has 4 nitrogen and oxygen atoms in total. The zero-order chi connectivity index (χ0) is 13.5. The lowest BCUT2D eigenvalue weighted by Crippen LogP contribution is -2.26. The number of rotatable bonds is 2. The maximum atomic E-state index is 12.4. The van der Waals surface area contributed by atoms with Gasteiger partial charge in [0.25, 0.3) is 5.56 Å². The minimum absolute atomic E-state index is 0.131. The molecule has 0 spiro atoms. The fourth-order valence-electron chi connectivity index (χ4n) is 1.87. The van der Waals surface area contributed by atoms with Crippen molar-refractivity contribution in [2.24, 2.45) is 0 Å². The van der Waals surface area contributed by atoms with E-state index in [9.17, 15) is 18.0 Å². The minimum Gasteiger partial charge on any atom is -0.297 e. The zero-order valence-corrected chi connectivity index (χ0v) is 9.93. The normalized spacial score (nSPS) is 12.3. The largest absolute Gasteiger partial charge is 0.393 e. The second kappa shape index (κ2) is 4.15. The predicted molar refractivity (Wildman–Crippen MR) is 59.7 cm³/mol. The van der Waals surface area contributed by atoms with Crippen LogP contribution in [0.15, 0.2) is 11.0 Å². The van der Waals surface area contributed by atoms with E-state index in [0.717, 1.165) is 10.1 Å². The first-order valence-electron chi connectivity index (χ1n) is 5.48. The quantitative estimate of drug-likeness (QED) is 0.896. The molecular weight excluding hydrogens is 247 g/mol. The number of halogens is 3. The molecule has 0 unspecified atom stereocenters. The van der Waals surface area contributed by atoms with E-state index in [2.05, 4.69) is 10.1 Å². The van der Waals surface area contributed by atoms with Crippen molar-refractivity contribution in [3.05, 3.63) is 33.4 Å². The number of hydrogen-bond donors (Lipinski definition) is 1. The van der Waals surface area contributed by atoms with Crippen molar-refractivity contribution in [2.75, 3.05) is 0 Å². The number of H-pyrrole nitrogens is 1. The van der Waals surface area contributed by atoms with Gasteiger partial charge in [0.15, 0.2) is 5.65 Å². The molecule has 0 aromatic carbocycles. The molecule has 0 radical (unpaired) electrons. The molecule has 2 aromatic rings. The number of nitrogens with zero attached hydrogens (tertiary/aromatic N) is 2. The Morgan fingerprint density at radius 1 is 1.44 bits per heavy atom. The Morgan fingerprint density at radius 2 is 2.11 bits per heavy atom. The van der Waals surface area contributed by atoms with Crippen molar-refractivity contribution in [1.82, 2.24) is 14.6 Å². The number of aromatic nitrogens is 3. The molecule has 0 bridgehead atoms. The Balaban J connectivity index is 2.67. The summed E-state index contributed by atoms with van der Waals surface area (Å²) < 4.78 is 38.2. The topological polar surface area (TPSA) is 50.2 Å². The molecule has 98 valence electrons. The summed E-state index contributed by atoms with van der Waals surface area (Å²) in [6.45, 7) is 3.31. The van der Waals surface area contributed by atoms with Crippen LogP contribution in [0.25, 0.3) is 5.65 Å². The average molecular weight is 259 g/mol. The van der Waals surface area contributed by atoms with E-state index in [-0.39, 0.29) is 11.3 Å². The van der Waals surface area contributed by atoms with Crippen molar-refractivity contribution < 1.29 is 13.2 Å². The Morgan fingerprint density at radius 3 is 2.67 bits per heavy atom. The van der Waals surface area contributed by atoms with Crippen LogP contribution in [0.2, 0.25) is 0 Å². The van der Waals surface area contributed by atoms with Crippen molar-refractivity contribution in [2.45, 2.75) is 32.9 Å². The van der Waals surface area contributed by atoms with Gasteiger partial charge in [-0.2, -0.15) is 13.2 Å². The van der Waals surface area contributed by atoms with E-state index < -0.39 is 18.2 Å². The van der Waals surface area contributed by atoms with Gasteiger partial charge in [0, 0.05) is 23.0 Å². The summed E-state index contributed by atoms with van der Waals surface area (Å²) in [7, 11) is 0. The molecular formula is C11H12F3N3O. The molecule has 7 heteroatoms. The van der Waals surface area contributed by atoms with E-state index in [1.165, 1.54) is 6.92 Å². The van der Waals surface area contributed by atoms with E-state index in [1.54, 1.807) is 6.20 Å². The first-order chi connectivity index (χ1) is 8.33. The van der Waals surface area contributed by atoms with Crippen LogP contribution in [-0.4, -0.2) is 20.8 Å². The number of alkyl halides is 3. The minimum atomic E-state index is -4.42. The maximum Gasteiger partial charge on any atom is 0.393 e. The van der Waals surface area contributed by atoms with Gasteiger partial charge in [-0.05, 0) is 13.3 Å². The molecule has 18 heavy (non-hydrogen) atoms. The molecule has 0 aliphatic rings. The monoisotopic (exact) mass is 259 g/mol. The van der Waals surface area contributed by atoms with Crippen LogP contribution in [0, 0.1) is 6.92 Å². The predicted octanol–water partition coefficient (Wildman–Crippen LogP) is 2.00. The highest BCUT2D eigenvalue weighted by atomic mass is 19.4. The molecule has 0 aliphatic heterocycles. The maximum absolute atomic E-state index is 12.4. The highest BCUT2D eigenvalue weighted by molar-refractivity contribution is 5.47. The van der Waals surface area contributed by atoms with Crippen molar-refractivity contribution >= 4 is 5.65 Å². The van der Waals surface area contributed by atoms with Gasteiger partial charge < -0.3 is 0 Å². The summed E-state index contributed by atoms with van der Waals surface area (Å²) in [6.07, 6.45) is -3.44. The first-order valence-corrected chi connectivity index (χ1v) is 5.48. The van der Waals surface area contributed by atoms with Crippen LogP contribution in [0.5, 0.6) is 0 Å². The number of aryl methyl sites for hydroxylation is 2. The Bertz CT molecular complexity index is 639. The summed E-state index contributed by atoms with van der Waals surface area (Å²) in [5, 5.41) is 2.64. The van der Waals surface area contributed by atoms with Crippen LogP contribution >= 0.6 is 0 Å². The number of fused-ring (bicyclic) bond motifs is 1. The highest BCUT2D eigenvalue weighted by Gasteiger charge is 2.31. The third-order valence-electron chi connectivity index (χ3n) is 2.80. The van der Waals surface area contributed by atoms with Gasteiger partial charge in [0.2, 0.25) is 0 Å². The smallest absolute Gasteiger partial charge is 0.297 e. The van der Waals surface area contributed by atoms with Crippen LogP contribution in [-0.2, 0) is 12.8 Å². The van der Waals surface area contributed by atoms with Crippen LogP contribution < -0.4 is 5.56 Å². The van der Waals surface area contributed by atoms with E-state index in [1.807, 2.05) is 6.92 Å². The van der Waals surface area contributed by atoms with Crippen LogP contribution in [0.1, 0.15) is 23.7 Å². The van der Waals surface area contributed by atoms with E-state index in [4.69, 9.17) is 0 Å². The molecule has 0 amide bonds. The van der Waals surface area contributed by atoms with Crippen molar-refractivity contribution in [3.8, 4) is 0 Å². The van der Waals surface area contributed by atoms with E-state index in [0.29, 0.717) is 12.1 Å². The number of nitrogens with one attached hydrogen (secondary N) is 1. The number of hydrogen-bond acceptors (Lipinski definition) is 2. The molecule has 0 saturated carbocycles. The lowest BCUT2D eigenvalue weighted by Gasteiger charge is -2.08. The fourth-order valence-corrected chi connectivity index (χ4v) is 1.87. The standard InChI is InChI=1S/C11H12F3N3O/c1-3-7-5-15-17-9(7)16-6(2)8(10(17)18)4-11(12,13)14/h5,15H,3-4H2,1-2H3. The first kappa shape index (κ1) is 12.7. The van der Waals surface area contributed by atoms with Gasteiger partial charge in [-0.3, -0.25) is 9.89 Å². The molecule has 2 aromatic heterocycles.